The van der Waals surface area contributed by atoms with E-state index in [2.05, 4.69) is 20.9 Å². The van der Waals surface area contributed by atoms with E-state index in [1.165, 1.54) is 12.1 Å². The summed E-state index contributed by atoms with van der Waals surface area (Å²) < 4.78 is 15.0. The lowest BCUT2D eigenvalue weighted by Gasteiger charge is -2.10. The van der Waals surface area contributed by atoms with E-state index >= 15 is 0 Å². The Kier molecular flexibility index (Phi) is 3.83. The molecule has 1 heterocycles. The molecule has 5 heteroatoms. The Bertz CT molecular complexity index is 723. The van der Waals surface area contributed by atoms with Crippen molar-refractivity contribution in [2.45, 2.75) is 12.5 Å². The van der Waals surface area contributed by atoms with E-state index in [-0.39, 0.29) is 11.9 Å². The molecule has 0 spiro atoms. The highest BCUT2D eigenvalue weighted by Crippen LogP contribution is 2.28. The summed E-state index contributed by atoms with van der Waals surface area (Å²) >= 11 is 4.98. The minimum absolute atomic E-state index is 0.186. The Labute approximate surface area is 128 Å². The summed E-state index contributed by atoms with van der Waals surface area (Å²) in [5.41, 5.74) is 8.19. The van der Waals surface area contributed by atoms with Crippen LogP contribution in [-0.4, -0.2) is 4.98 Å². The number of para-hydroxylation sites is 1. The molecular formula is C15H12BrFN2S. The normalized spacial score (nSPS) is 12.8. The molecule has 0 saturated carbocycles. The monoisotopic (exact) mass is 350 g/mol. The van der Waals surface area contributed by atoms with Gasteiger partial charge in [-0.1, -0.05) is 34.1 Å². The van der Waals surface area contributed by atoms with Crippen molar-refractivity contribution >= 4 is 37.5 Å². The number of nitrogens with two attached hydrogens (primary N) is 1. The first-order valence-electron chi connectivity index (χ1n) is 6.18. The molecule has 0 aliphatic carbocycles. The van der Waals surface area contributed by atoms with Gasteiger partial charge in [0.05, 0.1) is 16.3 Å². The van der Waals surface area contributed by atoms with Crippen LogP contribution < -0.4 is 5.73 Å². The van der Waals surface area contributed by atoms with Crippen LogP contribution in [0.25, 0.3) is 10.2 Å². The van der Waals surface area contributed by atoms with Gasteiger partial charge in [0.15, 0.2) is 0 Å². The number of benzene rings is 2. The average molecular weight is 351 g/mol. The van der Waals surface area contributed by atoms with Gasteiger partial charge in [-0.25, -0.2) is 9.37 Å². The van der Waals surface area contributed by atoms with Crippen molar-refractivity contribution in [3.63, 3.8) is 0 Å². The number of thiazole rings is 1. The van der Waals surface area contributed by atoms with Gasteiger partial charge in [0.1, 0.15) is 10.8 Å². The van der Waals surface area contributed by atoms with Gasteiger partial charge in [-0.05, 0) is 36.2 Å². The van der Waals surface area contributed by atoms with Crippen LogP contribution in [0, 0.1) is 5.82 Å². The van der Waals surface area contributed by atoms with Crippen LogP contribution in [-0.2, 0) is 6.42 Å². The molecule has 102 valence electrons. The third-order valence-electron chi connectivity index (χ3n) is 3.08. The molecule has 0 saturated heterocycles. The van der Waals surface area contributed by atoms with Crippen molar-refractivity contribution in [2.24, 2.45) is 5.73 Å². The highest BCUT2D eigenvalue weighted by atomic mass is 79.9. The zero-order valence-electron chi connectivity index (χ0n) is 10.5. The summed E-state index contributed by atoms with van der Waals surface area (Å²) in [4.78, 5) is 4.56. The summed E-state index contributed by atoms with van der Waals surface area (Å²) in [5.74, 6) is -0.255. The van der Waals surface area contributed by atoms with E-state index in [4.69, 9.17) is 5.73 Å². The Balaban J connectivity index is 1.86. The molecule has 3 rings (SSSR count). The maximum absolute atomic E-state index is 13.1. The van der Waals surface area contributed by atoms with Gasteiger partial charge in [0.25, 0.3) is 0 Å². The molecular weight excluding hydrogens is 339 g/mol. The fourth-order valence-electron chi connectivity index (χ4n) is 2.06. The zero-order chi connectivity index (χ0) is 14.1. The van der Waals surface area contributed by atoms with Gasteiger partial charge < -0.3 is 5.73 Å². The first kappa shape index (κ1) is 13.7. The second kappa shape index (κ2) is 5.60. The van der Waals surface area contributed by atoms with E-state index in [9.17, 15) is 4.39 Å². The molecule has 0 amide bonds. The minimum atomic E-state index is -0.255. The molecule has 1 unspecified atom stereocenters. The molecule has 2 aromatic carbocycles. The SMILES string of the molecule is NC(Cc1ccc(F)cc1Br)c1nc2ccccc2s1. The second-order valence-corrected chi connectivity index (χ2v) is 6.48. The van der Waals surface area contributed by atoms with Gasteiger partial charge in [-0.15, -0.1) is 11.3 Å². The highest BCUT2D eigenvalue weighted by Gasteiger charge is 2.14. The van der Waals surface area contributed by atoms with E-state index in [1.54, 1.807) is 17.4 Å². The van der Waals surface area contributed by atoms with Crippen molar-refractivity contribution in [3.05, 3.63) is 63.3 Å². The molecule has 1 atom stereocenters. The highest BCUT2D eigenvalue weighted by molar-refractivity contribution is 9.10. The van der Waals surface area contributed by atoms with Gasteiger partial charge in [0, 0.05) is 4.47 Å². The molecule has 2 nitrogen and oxygen atoms in total. The molecule has 0 aliphatic rings. The van der Waals surface area contributed by atoms with E-state index < -0.39 is 0 Å². The maximum Gasteiger partial charge on any atom is 0.124 e. The standard InChI is InChI=1S/C15H12BrFN2S/c16-11-8-10(17)6-5-9(11)7-12(18)15-19-13-3-1-2-4-14(13)20-15/h1-6,8,12H,7,18H2. The zero-order valence-corrected chi connectivity index (χ0v) is 12.9. The lowest BCUT2D eigenvalue weighted by molar-refractivity contribution is 0.624. The number of halogens is 2. The predicted octanol–water partition coefficient (Wildman–Crippen LogP) is 4.44. The molecule has 20 heavy (non-hydrogen) atoms. The van der Waals surface area contributed by atoms with Crippen LogP contribution in [0.15, 0.2) is 46.9 Å². The van der Waals surface area contributed by atoms with Gasteiger partial charge in [0.2, 0.25) is 0 Å². The summed E-state index contributed by atoms with van der Waals surface area (Å²) in [6.07, 6.45) is 0.626. The summed E-state index contributed by atoms with van der Waals surface area (Å²) in [6.45, 7) is 0. The Hall–Kier alpha value is -1.30. The number of nitrogens with zero attached hydrogens (tertiary/aromatic N) is 1. The third-order valence-corrected chi connectivity index (χ3v) is 4.99. The largest absolute Gasteiger partial charge is 0.322 e. The van der Waals surface area contributed by atoms with Crippen LogP contribution in [0.3, 0.4) is 0 Å². The van der Waals surface area contributed by atoms with Crippen LogP contribution in [0.4, 0.5) is 4.39 Å². The first-order chi connectivity index (χ1) is 9.63. The second-order valence-electron chi connectivity index (χ2n) is 4.57. The van der Waals surface area contributed by atoms with Crippen molar-refractivity contribution in [2.75, 3.05) is 0 Å². The summed E-state index contributed by atoms with van der Waals surface area (Å²) in [7, 11) is 0. The van der Waals surface area contributed by atoms with E-state index in [0.29, 0.717) is 6.42 Å². The van der Waals surface area contributed by atoms with Crippen molar-refractivity contribution in [1.29, 1.82) is 0 Å². The lowest BCUT2D eigenvalue weighted by atomic mass is 10.1. The molecule has 0 bridgehead atoms. The van der Waals surface area contributed by atoms with Gasteiger partial charge in [-0.2, -0.15) is 0 Å². The summed E-state index contributed by atoms with van der Waals surface area (Å²) in [5, 5.41) is 0.905. The number of fused-ring (bicyclic) bond motifs is 1. The van der Waals surface area contributed by atoms with E-state index in [1.807, 2.05) is 24.3 Å². The average Bonchev–Trinajstić information content (AvgIpc) is 2.86. The van der Waals surface area contributed by atoms with Gasteiger partial charge >= 0.3 is 0 Å². The number of rotatable bonds is 3. The fourth-order valence-corrected chi connectivity index (χ4v) is 3.54. The molecule has 3 aromatic rings. The maximum atomic E-state index is 13.1. The quantitative estimate of drug-likeness (QED) is 0.758. The Morgan fingerprint density at radius 2 is 2.05 bits per heavy atom. The number of hydrogen-bond acceptors (Lipinski definition) is 3. The third kappa shape index (κ3) is 2.75. The van der Waals surface area contributed by atoms with Crippen LogP contribution >= 0.6 is 27.3 Å². The lowest BCUT2D eigenvalue weighted by Crippen LogP contribution is -2.13. The van der Waals surface area contributed by atoms with Crippen molar-refractivity contribution in [1.82, 2.24) is 4.98 Å². The predicted molar refractivity (Wildman–Crippen MR) is 84.4 cm³/mol. The van der Waals surface area contributed by atoms with Crippen LogP contribution in [0.5, 0.6) is 0 Å². The van der Waals surface area contributed by atoms with Crippen molar-refractivity contribution in [3.8, 4) is 0 Å². The molecule has 1 aromatic heterocycles. The topological polar surface area (TPSA) is 38.9 Å². The smallest absolute Gasteiger partial charge is 0.124 e. The summed E-state index contributed by atoms with van der Waals surface area (Å²) in [6, 6.07) is 12.5. The van der Waals surface area contributed by atoms with Crippen LogP contribution in [0.2, 0.25) is 0 Å². The van der Waals surface area contributed by atoms with Gasteiger partial charge in [-0.3, -0.25) is 0 Å². The van der Waals surface area contributed by atoms with Crippen molar-refractivity contribution < 1.29 is 4.39 Å². The number of aromatic nitrogens is 1. The van der Waals surface area contributed by atoms with Crippen LogP contribution in [0.1, 0.15) is 16.6 Å². The Morgan fingerprint density at radius 3 is 2.80 bits per heavy atom. The number of hydrogen-bond donors (Lipinski definition) is 1. The first-order valence-corrected chi connectivity index (χ1v) is 7.79. The fraction of sp³-hybridized carbons (Fsp3) is 0.133. The molecule has 2 N–H and O–H groups in total. The molecule has 0 aliphatic heterocycles. The van der Waals surface area contributed by atoms with E-state index in [0.717, 1.165) is 25.3 Å². The molecule has 0 radical (unpaired) electrons. The molecule has 0 fully saturated rings. The Morgan fingerprint density at radius 1 is 1.25 bits per heavy atom. The minimum Gasteiger partial charge on any atom is -0.322 e.